The summed E-state index contributed by atoms with van der Waals surface area (Å²) in [6, 6.07) is 0. The van der Waals surface area contributed by atoms with Gasteiger partial charge in [-0.3, -0.25) is 0 Å². The Morgan fingerprint density at radius 1 is 1.06 bits per heavy atom. The number of hydrogen-bond donors (Lipinski definition) is 0. The second kappa shape index (κ2) is 5.31. The normalized spacial score (nSPS) is 34.6. The van der Waals surface area contributed by atoms with Gasteiger partial charge in [0.1, 0.15) is 6.29 Å². The fourth-order valence-electron chi connectivity index (χ4n) is 3.82. The fourth-order valence-corrected chi connectivity index (χ4v) is 3.82. The van der Waals surface area contributed by atoms with E-state index in [9.17, 15) is 4.79 Å². The average Bonchev–Trinajstić information content (AvgIpc) is 2.39. The Kier molecular flexibility index (Phi) is 4.01. The minimum absolute atomic E-state index is 0.0423. The highest BCUT2D eigenvalue weighted by Crippen LogP contribution is 2.47. The van der Waals surface area contributed by atoms with E-state index in [0.717, 1.165) is 19.3 Å². The number of hydrogen-bond acceptors (Lipinski definition) is 2. The molecule has 2 fully saturated rings. The molecule has 0 aromatic rings. The van der Waals surface area contributed by atoms with E-state index in [2.05, 4.69) is 0 Å². The SMILES string of the molecule is CO[C@@H]1CCCC[C@@H]1C1(C=O)CCCCC1. The first kappa shape index (κ1) is 12.1. The van der Waals surface area contributed by atoms with Crippen LogP contribution in [-0.2, 0) is 9.53 Å². The van der Waals surface area contributed by atoms with Gasteiger partial charge in [0.2, 0.25) is 0 Å². The van der Waals surface area contributed by atoms with Gasteiger partial charge in [0.15, 0.2) is 0 Å². The van der Waals surface area contributed by atoms with Gasteiger partial charge >= 0.3 is 0 Å². The molecule has 2 atom stereocenters. The van der Waals surface area contributed by atoms with E-state index in [1.54, 1.807) is 0 Å². The van der Waals surface area contributed by atoms with E-state index in [4.69, 9.17) is 4.74 Å². The highest BCUT2D eigenvalue weighted by molar-refractivity contribution is 5.60. The van der Waals surface area contributed by atoms with Crippen molar-refractivity contribution in [3.63, 3.8) is 0 Å². The molecule has 0 aliphatic heterocycles. The molecule has 0 radical (unpaired) electrons. The molecular formula is C14H24O2. The average molecular weight is 224 g/mol. The standard InChI is InChI=1S/C14H24O2/c1-16-13-8-4-3-7-12(13)14(11-15)9-5-2-6-10-14/h11-13H,2-10H2,1H3/t12-,13+/m0/s1. The highest BCUT2D eigenvalue weighted by atomic mass is 16.5. The topological polar surface area (TPSA) is 26.3 Å². The summed E-state index contributed by atoms with van der Waals surface area (Å²) in [5.41, 5.74) is -0.0423. The molecule has 0 amide bonds. The molecule has 0 aromatic heterocycles. The molecule has 92 valence electrons. The van der Waals surface area contributed by atoms with Gasteiger partial charge in [-0.1, -0.05) is 32.1 Å². The molecule has 2 aliphatic carbocycles. The Hall–Kier alpha value is -0.370. The lowest BCUT2D eigenvalue weighted by molar-refractivity contribution is -0.128. The summed E-state index contributed by atoms with van der Waals surface area (Å²) in [7, 11) is 1.81. The molecule has 0 N–H and O–H groups in total. The summed E-state index contributed by atoms with van der Waals surface area (Å²) in [4.78, 5) is 11.6. The number of carbonyl (C=O) groups is 1. The minimum Gasteiger partial charge on any atom is -0.381 e. The second-order valence-electron chi connectivity index (χ2n) is 5.58. The first-order valence-electron chi connectivity index (χ1n) is 6.81. The number of rotatable bonds is 3. The van der Waals surface area contributed by atoms with Crippen LogP contribution in [0.1, 0.15) is 57.8 Å². The fraction of sp³-hybridized carbons (Fsp3) is 0.929. The van der Waals surface area contributed by atoms with Crippen molar-refractivity contribution in [1.29, 1.82) is 0 Å². The zero-order valence-electron chi connectivity index (χ0n) is 10.4. The third kappa shape index (κ3) is 2.17. The molecular weight excluding hydrogens is 200 g/mol. The third-order valence-corrected chi connectivity index (χ3v) is 4.76. The number of aldehydes is 1. The van der Waals surface area contributed by atoms with E-state index in [-0.39, 0.29) is 5.41 Å². The molecule has 0 bridgehead atoms. The summed E-state index contributed by atoms with van der Waals surface area (Å²) in [6.45, 7) is 0. The maximum atomic E-state index is 11.6. The third-order valence-electron chi connectivity index (χ3n) is 4.76. The zero-order chi connectivity index (χ0) is 11.4. The van der Waals surface area contributed by atoms with Crippen molar-refractivity contribution in [2.75, 3.05) is 7.11 Å². The van der Waals surface area contributed by atoms with Gasteiger partial charge in [-0.25, -0.2) is 0 Å². The number of ether oxygens (including phenoxy) is 1. The summed E-state index contributed by atoms with van der Waals surface area (Å²) < 4.78 is 5.62. The van der Waals surface area contributed by atoms with Gasteiger partial charge in [-0.2, -0.15) is 0 Å². The summed E-state index contributed by atoms with van der Waals surface area (Å²) >= 11 is 0. The van der Waals surface area contributed by atoms with E-state index in [1.165, 1.54) is 44.8 Å². The van der Waals surface area contributed by atoms with Crippen molar-refractivity contribution < 1.29 is 9.53 Å². The van der Waals surface area contributed by atoms with Crippen LogP contribution in [0, 0.1) is 11.3 Å². The Bertz CT molecular complexity index is 231. The van der Waals surface area contributed by atoms with Crippen LogP contribution in [-0.4, -0.2) is 19.5 Å². The largest absolute Gasteiger partial charge is 0.381 e. The van der Waals surface area contributed by atoms with Crippen LogP contribution in [0.3, 0.4) is 0 Å². The molecule has 2 aliphatic rings. The summed E-state index contributed by atoms with van der Waals surface area (Å²) in [5, 5.41) is 0. The van der Waals surface area contributed by atoms with Crippen LogP contribution >= 0.6 is 0 Å². The van der Waals surface area contributed by atoms with Crippen LogP contribution < -0.4 is 0 Å². The Morgan fingerprint density at radius 2 is 1.75 bits per heavy atom. The number of carbonyl (C=O) groups excluding carboxylic acids is 1. The number of methoxy groups -OCH3 is 1. The van der Waals surface area contributed by atoms with E-state index >= 15 is 0 Å². The predicted molar refractivity (Wildman–Crippen MR) is 64.3 cm³/mol. The lowest BCUT2D eigenvalue weighted by Crippen LogP contribution is -2.43. The molecule has 0 saturated heterocycles. The van der Waals surface area contributed by atoms with Crippen molar-refractivity contribution in [2.45, 2.75) is 63.9 Å². The minimum atomic E-state index is -0.0423. The van der Waals surface area contributed by atoms with E-state index < -0.39 is 0 Å². The molecule has 2 heteroatoms. The molecule has 2 saturated carbocycles. The Morgan fingerprint density at radius 3 is 2.38 bits per heavy atom. The van der Waals surface area contributed by atoms with Gasteiger partial charge in [0.05, 0.1) is 6.10 Å². The molecule has 0 spiro atoms. The maximum absolute atomic E-state index is 11.6. The molecule has 2 rings (SSSR count). The van der Waals surface area contributed by atoms with Crippen LogP contribution in [0.5, 0.6) is 0 Å². The molecule has 0 unspecified atom stereocenters. The van der Waals surface area contributed by atoms with Gasteiger partial charge in [-0.15, -0.1) is 0 Å². The van der Waals surface area contributed by atoms with E-state index in [1.807, 2.05) is 7.11 Å². The van der Waals surface area contributed by atoms with Crippen molar-refractivity contribution in [3.8, 4) is 0 Å². The highest BCUT2D eigenvalue weighted by Gasteiger charge is 2.44. The van der Waals surface area contributed by atoms with Gasteiger partial charge in [-0.05, 0) is 31.6 Å². The van der Waals surface area contributed by atoms with Crippen LogP contribution in [0.25, 0.3) is 0 Å². The Labute approximate surface area is 98.7 Å². The molecule has 0 aromatic carbocycles. The van der Waals surface area contributed by atoms with Crippen LogP contribution in [0.4, 0.5) is 0 Å². The summed E-state index contributed by atoms with van der Waals surface area (Å²) in [6.07, 6.45) is 12.4. The van der Waals surface area contributed by atoms with Crippen LogP contribution in [0.15, 0.2) is 0 Å². The van der Waals surface area contributed by atoms with Crippen molar-refractivity contribution in [1.82, 2.24) is 0 Å². The molecule has 16 heavy (non-hydrogen) atoms. The zero-order valence-corrected chi connectivity index (χ0v) is 10.4. The van der Waals surface area contributed by atoms with E-state index in [0.29, 0.717) is 12.0 Å². The van der Waals surface area contributed by atoms with Crippen molar-refractivity contribution in [3.05, 3.63) is 0 Å². The lowest BCUT2D eigenvalue weighted by atomic mass is 9.61. The quantitative estimate of drug-likeness (QED) is 0.687. The van der Waals surface area contributed by atoms with Crippen molar-refractivity contribution in [2.24, 2.45) is 11.3 Å². The van der Waals surface area contributed by atoms with Crippen molar-refractivity contribution >= 4 is 6.29 Å². The lowest BCUT2D eigenvalue weighted by Gasteiger charge is -2.44. The maximum Gasteiger partial charge on any atom is 0.126 e. The van der Waals surface area contributed by atoms with Gasteiger partial charge < -0.3 is 9.53 Å². The first-order valence-corrected chi connectivity index (χ1v) is 6.81. The van der Waals surface area contributed by atoms with Gasteiger partial charge in [0, 0.05) is 12.5 Å². The first-order chi connectivity index (χ1) is 7.82. The predicted octanol–water partition coefficient (Wildman–Crippen LogP) is 3.34. The summed E-state index contributed by atoms with van der Waals surface area (Å²) in [5.74, 6) is 0.490. The second-order valence-corrected chi connectivity index (χ2v) is 5.58. The van der Waals surface area contributed by atoms with Gasteiger partial charge in [0.25, 0.3) is 0 Å². The Balaban J connectivity index is 2.13. The smallest absolute Gasteiger partial charge is 0.126 e. The molecule has 2 nitrogen and oxygen atoms in total. The van der Waals surface area contributed by atoms with Crippen LogP contribution in [0.2, 0.25) is 0 Å². The monoisotopic (exact) mass is 224 g/mol. The molecule has 0 heterocycles.